The van der Waals surface area contributed by atoms with Crippen molar-refractivity contribution < 1.29 is 19.2 Å². The van der Waals surface area contributed by atoms with Gasteiger partial charge in [0.2, 0.25) is 0 Å². The summed E-state index contributed by atoms with van der Waals surface area (Å²) in [7, 11) is 3.26. The third-order valence-corrected chi connectivity index (χ3v) is 5.81. The van der Waals surface area contributed by atoms with Crippen molar-refractivity contribution in [1.82, 2.24) is 4.90 Å². The number of hydrogen-bond acceptors (Lipinski definition) is 6. The predicted octanol–water partition coefficient (Wildman–Crippen LogP) is 5.32. The number of carbonyl (C=O) groups is 1. The van der Waals surface area contributed by atoms with Gasteiger partial charge in [0.05, 0.1) is 19.1 Å². The Labute approximate surface area is 205 Å². The van der Waals surface area contributed by atoms with Crippen LogP contribution < -0.4 is 14.8 Å². The molecular weight excluding hydrogens is 446 g/mol. The molecule has 0 bridgehead atoms. The van der Waals surface area contributed by atoms with Crippen LogP contribution in [0.4, 0.5) is 11.4 Å². The molecule has 8 nitrogen and oxygen atoms in total. The van der Waals surface area contributed by atoms with Gasteiger partial charge in [0.25, 0.3) is 11.6 Å². The maximum Gasteiger partial charge on any atom is 0.282 e. The highest BCUT2D eigenvalue weighted by Crippen LogP contribution is 2.28. The van der Waals surface area contributed by atoms with Crippen LogP contribution >= 0.6 is 0 Å². The van der Waals surface area contributed by atoms with Crippen molar-refractivity contribution in [2.45, 2.75) is 32.9 Å². The van der Waals surface area contributed by atoms with Gasteiger partial charge in [0.1, 0.15) is 5.56 Å². The van der Waals surface area contributed by atoms with Crippen molar-refractivity contribution in [3.05, 3.63) is 93.5 Å². The molecule has 0 unspecified atom stereocenters. The summed E-state index contributed by atoms with van der Waals surface area (Å²) in [4.78, 5) is 25.5. The smallest absolute Gasteiger partial charge is 0.282 e. The van der Waals surface area contributed by atoms with E-state index in [2.05, 4.69) is 24.1 Å². The molecule has 0 aliphatic rings. The van der Waals surface area contributed by atoms with Crippen LogP contribution in [0.3, 0.4) is 0 Å². The van der Waals surface area contributed by atoms with E-state index in [1.165, 1.54) is 18.2 Å². The second kappa shape index (κ2) is 12.0. The fraction of sp³-hybridized carbons (Fsp3) is 0.296. The number of rotatable bonds is 11. The largest absolute Gasteiger partial charge is 0.493 e. The monoisotopic (exact) mass is 477 g/mol. The molecule has 184 valence electrons. The number of hydrogen-bond donors (Lipinski definition) is 1. The van der Waals surface area contributed by atoms with E-state index in [0.717, 1.165) is 30.6 Å². The Bertz CT molecular complexity index is 1160. The third kappa shape index (κ3) is 6.80. The molecule has 1 amide bonds. The SMILES string of the molecule is COc1ccc(CN(CCc2ccc(NC(=O)c3ccccc3[N+](=O)[O-])cc2)C(C)C)cc1OC. The maximum atomic E-state index is 12.5. The van der Waals surface area contributed by atoms with E-state index < -0.39 is 10.8 Å². The van der Waals surface area contributed by atoms with Crippen molar-refractivity contribution in [1.29, 1.82) is 0 Å². The zero-order chi connectivity index (χ0) is 25.4. The lowest BCUT2D eigenvalue weighted by atomic mass is 10.1. The highest BCUT2D eigenvalue weighted by Gasteiger charge is 2.19. The Morgan fingerprint density at radius 3 is 2.26 bits per heavy atom. The molecular formula is C27H31N3O5. The van der Waals surface area contributed by atoms with Crippen LogP contribution in [0.25, 0.3) is 0 Å². The zero-order valence-corrected chi connectivity index (χ0v) is 20.5. The van der Waals surface area contributed by atoms with Gasteiger partial charge in [-0.1, -0.05) is 30.3 Å². The molecule has 0 spiro atoms. The summed E-state index contributed by atoms with van der Waals surface area (Å²) >= 11 is 0. The van der Waals surface area contributed by atoms with Gasteiger partial charge < -0.3 is 14.8 Å². The normalized spacial score (nSPS) is 10.9. The summed E-state index contributed by atoms with van der Waals surface area (Å²) < 4.78 is 10.8. The standard InChI is InChI=1S/C27H31N3O5/c1-19(2)29(18-21-11-14-25(34-3)26(17-21)35-4)16-15-20-9-12-22(13-10-20)28-27(31)23-7-5-6-8-24(23)30(32)33/h5-14,17,19H,15-16,18H2,1-4H3,(H,28,31). The lowest BCUT2D eigenvalue weighted by Gasteiger charge is -2.27. The van der Waals surface area contributed by atoms with Crippen molar-refractivity contribution >= 4 is 17.3 Å². The number of methoxy groups -OCH3 is 2. The highest BCUT2D eigenvalue weighted by molar-refractivity contribution is 6.07. The minimum atomic E-state index is -0.555. The van der Waals surface area contributed by atoms with E-state index in [9.17, 15) is 14.9 Å². The fourth-order valence-corrected chi connectivity index (χ4v) is 3.78. The molecule has 0 aliphatic carbocycles. The number of para-hydroxylation sites is 1. The minimum Gasteiger partial charge on any atom is -0.493 e. The summed E-state index contributed by atoms with van der Waals surface area (Å²) in [6.45, 7) is 5.97. The first kappa shape index (κ1) is 25.7. The van der Waals surface area contributed by atoms with Crippen molar-refractivity contribution in [3.8, 4) is 11.5 Å². The Kier molecular flexibility index (Phi) is 8.80. The average Bonchev–Trinajstić information content (AvgIpc) is 2.86. The Morgan fingerprint density at radius 2 is 1.63 bits per heavy atom. The lowest BCUT2D eigenvalue weighted by molar-refractivity contribution is -0.385. The van der Waals surface area contributed by atoms with E-state index in [4.69, 9.17) is 9.47 Å². The van der Waals surface area contributed by atoms with Gasteiger partial charge in [-0.25, -0.2) is 0 Å². The molecule has 0 saturated carbocycles. The molecule has 35 heavy (non-hydrogen) atoms. The van der Waals surface area contributed by atoms with Crippen LogP contribution in [0, 0.1) is 10.1 Å². The lowest BCUT2D eigenvalue weighted by Crippen LogP contribution is -2.32. The van der Waals surface area contributed by atoms with Crippen molar-refractivity contribution in [2.24, 2.45) is 0 Å². The highest BCUT2D eigenvalue weighted by atomic mass is 16.6. The molecule has 0 saturated heterocycles. The number of ether oxygens (including phenoxy) is 2. The zero-order valence-electron chi connectivity index (χ0n) is 20.5. The second-order valence-corrected chi connectivity index (χ2v) is 8.43. The van der Waals surface area contributed by atoms with Gasteiger partial charge in [-0.2, -0.15) is 0 Å². The number of nitro groups is 1. The maximum absolute atomic E-state index is 12.5. The van der Waals surface area contributed by atoms with Crippen LogP contribution in [-0.2, 0) is 13.0 Å². The predicted molar refractivity (Wildman–Crippen MR) is 136 cm³/mol. The van der Waals surface area contributed by atoms with Gasteiger partial charge in [0.15, 0.2) is 11.5 Å². The third-order valence-electron chi connectivity index (χ3n) is 5.81. The van der Waals surface area contributed by atoms with Crippen molar-refractivity contribution in [3.63, 3.8) is 0 Å². The first-order chi connectivity index (χ1) is 16.8. The molecule has 0 radical (unpaired) electrons. The van der Waals surface area contributed by atoms with Gasteiger partial charge in [-0.3, -0.25) is 19.8 Å². The molecule has 8 heteroatoms. The molecule has 0 heterocycles. The fourth-order valence-electron chi connectivity index (χ4n) is 3.78. The number of carbonyl (C=O) groups excluding carboxylic acids is 1. The molecule has 3 rings (SSSR count). The minimum absolute atomic E-state index is 0.0318. The van der Waals surface area contributed by atoms with Crippen LogP contribution in [0.5, 0.6) is 11.5 Å². The summed E-state index contributed by atoms with van der Waals surface area (Å²) in [5.41, 5.74) is 2.67. The first-order valence-electron chi connectivity index (χ1n) is 11.4. The quantitative estimate of drug-likeness (QED) is 0.297. The van der Waals surface area contributed by atoms with Gasteiger partial charge in [-0.05, 0) is 61.7 Å². The number of nitrogens with zero attached hydrogens (tertiary/aromatic N) is 2. The molecule has 0 atom stereocenters. The number of nitro benzene ring substituents is 1. The van der Waals surface area contributed by atoms with E-state index in [0.29, 0.717) is 23.2 Å². The van der Waals surface area contributed by atoms with Gasteiger partial charge in [0, 0.05) is 30.9 Å². The topological polar surface area (TPSA) is 93.9 Å². The molecule has 0 fully saturated rings. The number of anilines is 1. The molecule has 3 aromatic carbocycles. The number of nitrogens with one attached hydrogen (secondary N) is 1. The second-order valence-electron chi connectivity index (χ2n) is 8.43. The Balaban J connectivity index is 1.61. The van der Waals surface area contributed by atoms with Crippen molar-refractivity contribution in [2.75, 3.05) is 26.1 Å². The van der Waals surface area contributed by atoms with E-state index in [1.807, 2.05) is 42.5 Å². The average molecular weight is 478 g/mol. The summed E-state index contributed by atoms with van der Waals surface area (Å²) in [5.74, 6) is 0.916. The molecule has 3 aromatic rings. The molecule has 0 aromatic heterocycles. The summed E-state index contributed by atoms with van der Waals surface area (Å²) in [5, 5.41) is 13.9. The number of benzene rings is 3. The van der Waals surface area contributed by atoms with E-state index in [-0.39, 0.29) is 11.3 Å². The van der Waals surface area contributed by atoms with Gasteiger partial charge in [-0.15, -0.1) is 0 Å². The Morgan fingerprint density at radius 1 is 0.971 bits per heavy atom. The summed E-state index contributed by atoms with van der Waals surface area (Å²) in [6.07, 6.45) is 0.837. The van der Waals surface area contributed by atoms with Crippen LogP contribution in [0.15, 0.2) is 66.7 Å². The van der Waals surface area contributed by atoms with Crippen LogP contribution in [0.1, 0.15) is 35.3 Å². The Hall–Kier alpha value is -3.91. The van der Waals surface area contributed by atoms with Gasteiger partial charge >= 0.3 is 0 Å². The molecule has 0 aliphatic heterocycles. The molecule has 1 N–H and O–H groups in total. The summed E-state index contributed by atoms with van der Waals surface area (Å²) in [6, 6.07) is 19.8. The van der Waals surface area contributed by atoms with Crippen LogP contribution in [-0.4, -0.2) is 42.5 Å². The first-order valence-corrected chi connectivity index (χ1v) is 11.4. The number of amides is 1. The van der Waals surface area contributed by atoms with E-state index >= 15 is 0 Å². The van der Waals surface area contributed by atoms with Crippen LogP contribution in [0.2, 0.25) is 0 Å². The van der Waals surface area contributed by atoms with E-state index in [1.54, 1.807) is 20.3 Å².